The number of quaternary nitrogens is 1. The Kier molecular flexibility index (Phi) is 7.55. The van der Waals surface area contributed by atoms with Crippen LogP contribution in [0, 0.1) is 0 Å². The van der Waals surface area contributed by atoms with E-state index in [1.807, 2.05) is 29.1 Å². The van der Waals surface area contributed by atoms with Gasteiger partial charge >= 0.3 is 0 Å². The standard InChI is InChI=1S/C16H19NO3S.ClH/c1-11(16(20)12-2-4-14(18)5-3-12)17-8-6-15(19)13-7-9-21-10-13;/h2-5,7,9-11,16-18,20H,6,8H2,1H3;1H. The van der Waals surface area contributed by atoms with Gasteiger partial charge in [0.2, 0.25) is 0 Å². The van der Waals surface area contributed by atoms with E-state index in [1.165, 1.54) is 11.3 Å². The molecule has 0 bridgehead atoms. The molecule has 6 heteroatoms. The summed E-state index contributed by atoms with van der Waals surface area (Å²) >= 11 is 1.52. The van der Waals surface area contributed by atoms with Crippen LogP contribution in [-0.4, -0.2) is 28.6 Å². The van der Waals surface area contributed by atoms with E-state index in [2.05, 4.69) is 0 Å². The van der Waals surface area contributed by atoms with Crippen molar-refractivity contribution < 1.29 is 32.7 Å². The molecule has 0 saturated carbocycles. The molecule has 0 aliphatic rings. The topological polar surface area (TPSA) is 74.1 Å². The molecule has 0 radical (unpaired) electrons. The molecule has 0 spiro atoms. The minimum Gasteiger partial charge on any atom is -1.00 e. The lowest BCUT2D eigenvalue weighted by Crippen LogP contribution is -3.00. The Morgan fingerprint density at radius 1 is 1.27 bits per heavy atom. The van der Waals surface area contributed by atoms with E-state index in [-0.39, 0.29) is 30.0 Å². The smallest absolute Gasteiger partial charge is 0.169 e. The molecule has 2 unspecified atom stereocenters. The summed E-state index contributed by atoms with van der Waals surface area (Å²) < 4.78 is 0. The van der Waals surface area contributed by atoms with Crippen molar-refractivity contribution in [1.29, 1.82) is 0 Å². The van der Waals surface area contributed by atoms with Crippen LogP contribution in [0.4, 0.5) is 0 Å². The zero-order valence-electron chi connectivity index (χ0n) is 12.3. The highest BCUT2D eigenvalue weighted by Gasteiger charge is 2.19. The molecule has 120 valence electrons. The lowest BCUT2D eigenvalue weighted by atomic mass is 10.0. The number of nitrogens with two attached hydrogens (primary N) is 1. The highest BCUT2D eigenvalue weighted by atomic mass is 35.5. The van der Waals surface area contributed by atoms with Crippen LogP contribution in [0.2, 0.25) is 0 Å². The summed E-state index contributed by atoms with van der Waals surface area (Å²) in [4.78, 5) is 11.9. The number of benzene rings is 1. The second-order valence-corrected chi connectivity index (χ2v) is 5.89. The molecular formula is C16H20ClNO3S. The van der Waals surface area contributed by atoms with E-state index in [0.29, 0.717) is 13.0 Å². The van der Waals surface area contributed by atoms with Crippen LogP contribution in [0.3, 0.4) is 0 Å². The number of hydrogen-bond donors (Lipinski definition) is 3. The van der Waals surface area contributed by atoms with Crippen molar-refractivity contribution in [2.45, 2.75) is 25.5 Å². The summed E-state index contributed by atoms with van der Waals surface area (Å²) in [5.74, 6) is 0.322. The highest BCUT2D eigenvalue weighted by molar-refractivity contribution is 7.08. The minimum absolute atomic E-state index is 0. The number of Topliss-reactive ketones (excluding diaryl/α,β-unsaturated/α-hetero) is 1. The number of halogens is 1. The van der Waals surface area contributed by atoms with Gasteiger partial charge in [-0.1, -0.05) is 12.1 Å². The summed E-state index contributed by atoms with van der Waals surface area (Å²) in [5.41, 5.74) is 1.53. The van der Waals surface area contributed by atoms with E-state index < -0.39 is 6.10 Å². The van der Waals surface area contributed by atoms with Crippen molar-refractivity contribution in [3.8, 4) is 5.75 Å². The Labute approximate surface area is 140 Å². The van der Waals surface area contributed by atoms with Gasteiger partial charge in [-0.15, -0.1) is 0 Å². The van der Waals surface area contributed by atoms with Crippen molar-refractivity contribution in [3.05, 3.63) is 52.2 Å². The molecule has 4 nitrogen and oxygen atoms in total. The first kappa shape index (κ1) is 18.6. The van der Waals surface area contributed by atoms with Crippen LogP contribution in [0.1, 0.15) is 35.4 Å². The fourth-order valence-corrected chi connectivity index (χ4v) is 2.81. The molecule has 0 saturated heterocycles. The Bertz CT molecular complexity index is 572. The normalized spacial score (nSPS) is 13.2. The molecule has 0 amide bonds. The van der Waals surface area contributed by atoms with Gasteiger partial charge in [-0.3, -0.25) is 4.79 Å². The summed E-state index contributed by atoms with van der Waals surface area (Å²) in [5, 5.41) is 25.2. The SMILES string of the molecule is CC([NH2+]CCC(=O)c1ccsc1)C(O)c1ccc(O)cc1.[Cl-]. The number of aromatic hydroxyl groups is 1. The number of aliphatic hydroxyl groups excluding tert-OH is 1. The zero-order valence-corrected chi connectivity index (χ0v) is 13.8. The molecule has 0 fully saturated rings. The fraction of sp³-hybridized carbons (Fsp3) is 0.312. The number of ketones is 1. The van der Waals surface area contributed by atoms with Gasteiger partial charge in [0.1, 0.15) is 17.9 Å². The molecule has 1 aromatic carbocycles. The second kappa shape index (κ2) is 8.90. The fourth-order valence-electron chi connectivity index (χ4n) is 2.15. The van der Waals surface area contributed by atoms with Crippen LogP contribution < -0.4 is 17.7 Å². The van der Waals surface area contributed by atoms with E-state index in [9.17, 15) is 15.0 Å². The third-order valence-corrected chi connectivity index (χ3v) is 4.17. The Morgan fingerprint density at radius 3 is 2.55 bits per heavy atom. The molecule has 2 atom stereocenters. The number of hydrogen-bond acceptors (Lipinski definition) is 4. The molecule has 2 rings (SSSR count). The Balaban J connectivity index is 0.00000242. The molecule has 0 aliphatic carbocycles. The van der Waals surface area contributed by atoms with Crippen LogP contribution in [0.15, 0.2) is 41.1 Å². The lowest BCUT2D eigenvalue weighted by molar-refractivity contribution is -0.693. The first-order valence-corrected chi connectivity index (χ1v) is 7.88. The number of carbonyl (C=O) groups excluding carboxylic acids is 1. The van der Waals surface area contributed by atoms with Gasteiger partial charge in [-0.2, -0.15) is 11.3 Å². The summed E-state index contributed by atoms with van der Waals surface area (Å²) in [6.07, 6.45) is -0.162. The third kappa shape index (κ3) is 5.10. The van der Waals surface area contributed by atoms with Gasteiger partial charge < -0.3 is 27.9 Å². The van der Waals surface area contributed by atoms with Crippen LogP contribution in [-0.2, 0) is 0 Å². The van der Waals surface area contributed by atoms with Crippen molar-refractivity contribution in [1.82, 2.24) is 0 Å². The maximum Gasteiger partial charge on any atom is 0.169 e. The van der Waals surface area contributed by atoms with Crippen molar-refractivity contribution in [3.63, 3.8) is 0 Å². The van der Waals surface area contributed by atoms with Crippen molar-refractivity contribution >= 4 is 17.1 Å². The molecule has 1 heterocycles. The first-order chi connectivity index (χ1) is 10.1. The van der Waals surface area contributed by atoms with E-state index in [4.69, 9.17) is 0 Å². The van der Waals surface area contributed by atoms with E-state index in [0.717, 1.165) is 11.1 Å². The predicted molar refractivity (Wildman–Crippen MR) is 82.6 cm³/mol. The number of rotatable bonds is 7. The van der Waals surface area contributed by atoms with Crippen molar-refractivity contribution in [2.24, 2.45) is 0 Å². The number of carbonyl (C=O) groups is 1. The van der Waals surface area contributed by atoms with Crippen LogP contribution in [0.25, 0.3) is 0 Å². The van der Waals surface area contributed by atoms with Crippen LogP contribution >= 0.6 is 11.3 Å². The molecular weight excluding hydrogens is 322 g/mol. The average Bonchev–Trinajstić information content (AvgIpc) is 3.01. The van der Waals surface area contributed by atoms with Gasteiger partial charge in [-0.05, 0) is 36.1 Å². The largest absolute Gasteiger partial charge is 1.00 e. The van der Waals surface area contributed by atoms with E-state index >= 15 is 0 Å². The van der Waals surface area contributed by atoms with Crippen molar-refractivity contribution in [2.75, 3.05) is 6.54 Å². The summed E-state index contributed by atoms with van der Waals surface area (Å²) in [6, 6.07) is 8.32. The van der Waals surface area contributed by atoms with Gasteiger partial charge in [0.25, 0.3) is 0 Å². The maximum atomic E-state index is 11.9. The quantitative estimate of drug-likeness (QED) is 0.549. The Hall–Kier alpha value is -1.40. The van der Waals surface area contributed by atoms with Gasteiger partial charge in [0.05, 0.1) is 13.0 Å². The average molecular weight is 342 g/mol. The first-order valence-electron chi connectivity index (χ1n) is 6.93. The van der Waals surface area contributed by atoms with Crippen LogP contribution in [0.5, 0.6) is 5.75 Å². The van der Waals surface area contributed by atoms with Gasteiger partial charge in [0.15, 0.2) is 5.78 Å². The summed E-state index contributed by atoms with van der Waals surface area (Å²) in [6.45, 7) is 2.57. The molecule has 4 N–H and O–H groups in total. The summed E-state index contributed by atoms with van der Waals surface area (Å²) in [7, 11) is 0. The van der Waals surface area contributed by atoms with Gasteiger partial charge in [-0.25, -0.2) is 0 Å². The Morgan fingerprint density at radius 2 is 1.95 bits per heavy atom. The molecule has 1 aromatic heterocycles. The monoisotopic (exact) mass is 341 g/mol. The number of thiophene rings is 1. The second-order valence-electron chi connectivity index (χ2n) is 5.11. The number of phenolic OH excluding ortho intramolecular Hbond substituents is 1. The van der Waals surface area contributed by atoms with E-state index in [1.54, 1.807) is 24.3 Å². The molecule has 22 heavy (non-hydrogen) atoms. The highest BCUT2D eigenvalue weighted by Crippen LogP contribution is 2.18. The predicted octanol–water partition coefficient (Wildman–Crippen LogP) is -1.28. The third-order valence-electron chi connectivity index (χ3n) is 3.49. The molecule has 2 aromatic rings. The zero-order chi connectivity index (χ0) is 15.2. The lowest BCUT2D eigenvalue weighted by Gasteiger charge is -2.17. The molecule has 0 aliphatic heterocycles. The maximum absolute atomic E-state index is 11.9. The number of aliphatic hydroxyl groups is 1. The minimum atomic E-state index is -0.623. The van der Waals surface area contributed by atoms with Gasteiger partial charge in [0, 0.05) is 10.9 Å². The number of phenols is 1.